The Bertz CT molecular complexity index is 939. The first-order valence-corrected chi connectivity index (χ1v) is 11.5. The Morgan fingerprint density at radius 1 is 1.00 bits per heavy atom. The third kappa shape index (κ3) is 4.71. The van der Waals surface area contributed by atoms with Gasteiger partial charge in [0.1, 0.15) is 5.82 Å². The van der Waals surface area contributed by atoms with Gasteiger partial charge in [-0.25, -0.2) is 9.78 Å². The molecule has 2 fully saturated rings. The first kappa shape index (κ1) is 22.1. The summed E-state index contributed by atoms with van der Waals surface area (Å²) in [4.78, 5) is 33.8. The predicted molar refractivity (Wildman–Crippen MR) is 126 cm³/mol. The van der Waals surface area contributed by atoms with Crippen LogP contribution in [0, 0.1) is 0 Å². The largest absolute Gasteiger partial charge is 0.465 e. The zero-order chi connectivity index (χ0) is 22.7. The highest BCUT2D eigenvalue weighted by Gasteiger charge is 2.29. The monoisotopic (exact) mass is 436 g/mol. The van der Waals surface area contributed by atoms with Gasteiger partial charge in [-0.15, -0.1) is 0 Å². The summed E-state index contributed by atoms with van der Waals surface area (Å²) in [6, 6.07) is 11.9. The molecule has 2 amide bonds. The van der Waals surface area contributed by atoms with Crippen molar-refractivity contribution in [2.24, 2.45) is 0 Å². The Labute approximate surface area is 189 Å². The summed E-state index contributed by atoms with van der Waals surface area (Å²) in [6.45, 7) is 1.38. The van der Waals surface area contributed by atoms with Crippen molar-refractivity contribution in [1.29, 1.82) is 0 Å². The van der Waals surface area contributed by atoms with Crippen LogP contribution >= 0.6 is 0 Å². The van der Waals surface area contributed by atoms with Gasteiger partial charge in [0.15, 0.2) is 0 Å². The second-order valence-electron chi connectivity index (χ2n) is 8.98. The predicted octanol–water partition coefficient (Wildman–Crippen LogP) is 4.59. The Balaban J connectivity index is 1.38. The van der Waals surface area contributed by atoms with Crippen LogP contribution in [-0.2, 0) is 0 Å². The van der Waals surface area contributed by atoms with Crippen molar-refractivity contribution in [3.63, 3.8) is 0 Å². The van der Waals surface area contributed by atoms with E-state index in [1.165, 1.54) is 42.6 Å². The fourth-order valence-corrected chi connectivity index (χ4v) is 4.83. The minimum atomic E-state index is -0.910. The fourth-order valence-electron chi connectivity index (χ4n) is 4.83. The molecular formula is C25H32N4O3. The van der Waals surface area contributed by atoms with Crippen molar-refractivity contribution in [1.82, 2.24) is 9.88 Å². The highest BCUT2D eigenvalue weighted by Crippen LogP contribution is 2.32. The van der Waals surface area contributed by atoms with E-state index >= 15 is 0 Å². The summed E-state index contributed by atoms with van der Waals surface area (Å²) in [6.07, 6.45) is 8.00. The number of benzene rings is 1. The van der Waals surface area contributed by atoms with E-state index in [1.807, 2.05) is 24.3 Å². The number of likely N-dealkylation sites (N-methyl/N-ethyl adjacent to an activating group) is 1. The number of aromatic nitrogens is 1. The number of nitrogens with zero attached hydrogens (tertiary/aromatic N) is 4. The molecule has 7 nitrogen and oxygen atoms in total. The minimum Gasteiger partial charge on any atom is -0.465 e. The molecule has 170 valence electrons. The second kappa shape index (κ2) is 9.59. The maximum Gasteiger partial charge on any atom is 0.407 e. The lowest BCUT2D eigenvalue weighted by Crippen LogP contribution is -2.38. The van der Waals surface area contributed by atoms with Crippen molar-refractivity contribution >= 4 is 23.5 Å². The van der Waals surface area contributed by atoms with E-state index < -0.39 is 6.09 Å². The molecule has 2 heterocycles. The third-order valence-electron chi connectivity index (χ3n) is 7.00. The maximum absolute atomic E-state index is 13.0. The van der Waals surface area contributed by atoms with Crippen molar-refractivity contribution < 1.29 is 14.7 Å². The molecule has 1 saturated carbocycles. The van der Waals surface area contributed by atoms with Gasteiger partial charge in [-0.3, -0.25) is 4.79 Å². The standard InChI is InChI=1S/C25H32N4O3/c1-27(24(30)20-10-8-19(9-11-20)18-6-4-3-5-7-18)21-12-13-23(26-16-21)29-15-14-22(17-29)28(2)25(31)32/h8-13,16,18,22H,3-7,14-15,17H2,1-2H3,(H,31,32). The van der Waals surface area contributed by atoms with Gasteiger partial charge in [-0.2, -0.15) is 0 Å². The highest BCUT2D eigenvalue weighted by molar-refractivity contribution is 6.05. The zero-order valence-corrected chi connectivity index (χ0v) is 18.9. The molecule has 0 radical (unpaired) electrons. The van der Waals surface area contributed by atoms with Crippen LogP contribution in [0.3, 0.4) is 0 Å². The first-order chi connectivity index (χ1) is 15.4. The van der Waals surface area contributed by atoms with Crippen molar-refractivity contribution in [3.8, 4) is 0 Å². The molecule has 1 unspecified atom stereocenters. The molecule has 7 heteroatoms. The number of pyridine rings is 1. The summed E-state index contributed by atoms with van der Waals surface area (Å²) in [5, 5.41) is 9.18. The summed E-state index contributed by atoms with van der Waals surface area (Å²) in [5.41, 5.74) is 2.75. The Morgan fingerprint density at radius 2 is 1.72 bits per heavy atom. The topological polar surface area (TPSA) is 77.0 Å². The first-order valence-electron chi connectivity index (χ1n) is 11.5. The third-order valence-corrected chi connectivity index (χ3v) is 7.00. The van der Waals surface area contributed by atoms with Gasteiger partial charge in [0.25, 0.3) is 5.91 Å². The molecule has 32 heavy (non-hydrogen) atoms. The van der Waals surface area contributed by atoms with Gasteiger partial charge >= 0.3 is 6.09 Å². The molecule has 1 saturated heterocycles. The molecular weight excluding hydrogens is 404 g/mol. The molecule has 0 spiro atoms. The van der Waals surface area contributed by atoms with E-state index in [4.69, 9.17) is 0 Å². The highest BCUT2D eigenvalue weighted by atomic mass is 16.4. The van der Waals surface area contributed by atoms with E-state index in [0.29, 0.717) is 18.0 Å². The van der Waals surface area contributed by atoms with E-state index in [1.54, 1.807) is 25.2 Å². The van der Waals surface area contributed by atoms with Crippen LogP contribution in [0.2, 0.25) is 0 Å². The van der Waals surface area contributed by atoms with Crippen LogP contribution in [0.15, 0.2) is 42.6 Å². The molecule has 1 atom stereocenters. The summed E-state index contributed by atoms with van der Waals surface area (Å²) < 4.78 is 0. The minimum absolute atomic E-state index is 0.0326. The number of carboxylic acid groups (broad SMARTS) is 1. The van der Waals surface area contributed by atoms with Crippen LogP contribution < -0.4 is 9.80 Å². The van der Waals surface area contributed by atoms with Crippen LogP contribution in [0.25, 0.3) is 0 Å². The van der Waals surface area contributed by atoms with Gasteiger partial charge in [-0.1, -0.05) is 31.4 Å². The van der Waals surface area contributed by atoms with Crippen LogP contribution in [-0.4, -0.2) is 60.2 Å². The van der Waals surface area contributed by atoms with Gasteiger partial charge in [-0.05, 0) is 55.0 Å². The van der Waals surface area contributed by atoms with E-state index in [-0.39, 0.29) is 11.9 Å². The van der Waals surface area contributed by atoms with Crippen molar-refractivity contribution in [2.75, 3.05) is 37.0 Å². The molecule has 2 aliphatic rings. The van der Waals surface area contributed by atoms with Gasteiger partial charge in [0.05, 0.1) is 17.9 Å². The SMILES string of the molecule is CN(C(=O)c1ccc(C2CCCCC2)cc1)c1ccc(N2CCC(N(C)C(=O)O)C2)nc1. The summed E-state index contributed by atoms with van der Waals surface area (Å²) >= 11 is 0. The van der Waals surface area contributed by atoms with E-state index in [2.05, 4.69) is 22.0 Å². The second-order valence-corrected chi connectivity index (χ2v) is 8.98. The average molecular weight is 437 g/mol. The quantitative estimate of drug-likeness (QED) is 0.742. The van der Waals surface area contributed by atoms with Crippen LogP contribution in [0.1, 0.15) is 60.4 Å². The molecule has 4 rings (SSSR count). The van der Waals surface area contributed by atoms with E-state index in [0.717, 1.165) is 24.5 Å². The number of carbonyl (C=O) groups excluding carboxylic acids is 1. The zero-order valence-electron chi connectivity index (χ0n) is 18.9. The number of hydrogen-bond acceptors (Lipinski definition) is 4. The van der Waals surface area contributed by atoms with Crippen LogP contribution in [0.5, 0.6) is 0 Å². The van der Waals surface area contributed by atoms with Gasteiger partial charge in [0.2, 0.25) is 0 Å². The molecule has 1 aliphatic carbocycles. The lowest BCUT2D eigenvalue weighted by Gasteiger charge is -2.23. The molecule has 0 bridgehead atoms. The molecule has 1 N–H and O–H groups in total. The summed E-state index contributed by atoms with van der Waals surface area (Å²) in [5.74, 6) is 1.37. The number of amides is 2. The number of rotatable bonds is 5. The van der Waals surface area contributed by atoms with Gasteiger partial charge in [0, 0.05) is 32.7 Å². The van der Waals surface area contributed by atoms with Gasteiger partial charge < -0.3 is 19.8 Å². The van der Waals surface area contributed by atoms with E-state index in [9.17, 15) is 14.7 Å². The van der Waals surface area contributed by atoms with Crippen LogP contribution in [0.4, 0.5) is 16.3 Å². The Hall–Kier alpha value is -3.09. The number of hydrogen-bond donors (Lipinski definition) is 1. The maximum atomic E-state index is 13.0. The summed E-state index contributed by atoms with van der Waals surface area (Å²) in [7, 11) is 3.37. The van der Waals surface area contributed by atoms with Crippen molar-refractivity contribution in [2.45, 2.75) is 50.5 Å². The molecule has 1 aliphatic heterocycles. The molecule has 1 aromatic heterocycles. The molecule has 2 aromatic rings. The number of anilines is 2. The Kier molecular flexibility index (Phi) is 6.63. The lowest BCUT2D eigenvalue weighted by atomic mass is 9.84. The lowest BCUT2D eigenvalue weighted by molar-refractivity contribution is 0.0992. The fraction of sp³-hybridized carbons (Fsp3) is 0.480. The normalized spacial score (nSPS) is 19.1. The number of carbonyl (C=O) groups is 2. The van der Waals surface area contributed by atoms with Crippen molar-refractivity contribution in [3.05, 3.63) is 53.7 Å². The Morgan fingerprint density at radius 3 is 2.34 bits per heavy atom. The molecule has 1 aromatic carbocycles. The average Bonchev–Trinajstić information content (AvgIpc) is 3.33. The smallest absolute Gasteiger partial charge is 0.407 e.